The van der Waals surface area contributed by atoms with E-state index in [4.69, 9.17) is 5.11 Å². The summed E-state index contributed by atoms with van der Waals surface area (Å²) in [6, 6.07) is 9.95. The van der Waals surface area contributed by atoms with E-state index in [0.29, 0.717) is 0 Å². The minimum atomic E-state index is -0.908. The van der Waals surface area contributed by atoms with Crippen LogP contribution >= 0.6 is 0 Å². The molecule has 0 saturated carbocycles. The van der Waals surface area contributed by atoms with Crippen molar-refractivity contribution in [3.8, 4) is 0 Å². The zero-order valence-electron chi connectivity index (χ0n) is 12.6. The van der Waals surface area contributed by atoms with Crippen LogP contribution in [-0.4, -0.2) is 23.5 Å². The van der Waals surface area contributed by atoms with Gasteiger partial charge in [-0.3, -0.25) is 9.59 Å². The topological polar surface area (TPSA) is 66.4 Å². The van der Waals surface area contributed by atoms with Crippen molar-refractivity contribution >= 4 is 11.9 Å². The van der Waals surface area contributed by atoms with Crippen LogP contribution in [0.25, 0.3) is 0 Å². The molecule has 0 radical (unpaired) electrons. The summed E-state index contributed by atoms with van der Waals surface area (Å²) in [6.07, 6.45) is 0.265. The number of carboxylic acids is 1. The largest absolute Gasteiger partial charge is 2.00 e. The van der Waals surface area contributed by atoms with Gasteiger partial charge in [-0.1, -0.05) is 20.8 Å². The van der Waals surface area contributed by atoms with E-state index in [1.54, 1.807) is 31.2 Å². The molecule has 0 aliphatic heterocycles. The third-order valence-corrected chi connectivity index (χ3v) is 2.18. The molecule has 0 heterocycles. The Bertz CT molecular complexity index is 369. The number of carbonyl (C=O) groups is 2. The van der Waals surface area contributed by atoms with Crippen molar-refractivity contribution in [2.45, 2.75) is 27.2 Å². The molecule has 20 heavy (non-hydrogen) atoms. The van der Waals surface area contributed by atoms with Gasteiger partial charge in [0.05, 0.1) is 5.92 Å². The van der Waals surface area contributed by atoms with Crippen LogP contribution in [0.15, 0.2) is 24.3 Å². The molecule has 0 aliphatic carbocycles. The van der Waals surface area contributed by atoms with Crippen molar-refractivity contribution in [3.05, 3.63) is 43.3 Å². The molecule has 0 spiro atoms. The van der Waals surface area contributed by atoms with E-state index in [9.17, 15) is 9.59 Å². The maximum absolute atomic E-state index is 11.4. The fourth-order valence-electron chi connectivity index (χ4n) is 1.14. The summed E-state index contributed by atoms with van der Waals surface area (Å²) in [6.45, 7) is 5.72. The van der Waals surface area contributed by atoms with Gasteiger partial charge in [0, 0.05) is 13.0 Å². The number of carboxylic acid groups (broad SMARTS) is 1. The normalized spacial score (nSPS) is 9.75. The molecule has 0 fully saturated rings. The van der Waals surface area contributed by atoms with Crippen LogP contribution in [-0.2, 0) is 16.0 Å². The summed E-state index contributed by atoms with van der Waals surface area (Å²) in [5.41, 5.74) is 0.888. The number of carbonyl (C=O) groups excluding carboxylic acids is 1. The van der Waals surface area contributed by atoms with E-state index < -0.39 is 11.9 Å². The van der Waals surface area contributed by atoms with Crippen LogP contribution in [0.1, 0.15) is 26.3 Å². The Kier molecular flexibility index (Phi) is 17.7. The molecule has 1 atom stereocenters. The first kappa shape index (κ1) is 24.2. The van der Waals surface area contributed by atoms with Crippen LogP contribution in [0.5, 0.6) is 0 Å². The maximum atomic E-state index is 11.4. The Morgan fingerprint density at radius 3 is 2.25 bits per heavy atom. The standard InChI is InChI=1S/C12H14NO3.C2H6.CH3.U/c1-9(12(15)16)8-13-11(14)7-10-5-3-2-4-6-10;1-2;;/h3-6,9H,7-8H2,1H3,(H,13,14)(H,15,16);1-2H3;1H3;/q-1;;-1;+2. The molecule has 1 unspecified atom stereocenters. The predicted molar refractivity (Wildman–Crippen MR) is 76.6 cm³/mol. The minimum absolute atomic E-state index is 0. The number of hydrogen-bond donors (Lipinski definition) is 2. The Morgan fingerprint density at radius 1 is 1.30 bits per heavy atom. The van der Waals surface area contributed by atoms with Crippen molar-refractivity contribution in [2.24, 2.45) is 5.92 Å². The number of hydrogen-bond acceptors (Lipinski definition) is 2. The number of nitrogens with one attached hydrogen (secondary N) is 1. The van der Waals surface area contributed by atoms with E-state index in [0.717, 1.165) is 5.56 Å². The molecule has 0 saturated heterocycles. The van der Waals surface area contributed by atoms with E-state index in [-0.39, 0.29) is 57.4 Å². The Hall–Kier alpha value is -0.788. The molecular weight excluding hydrogens is 480 g/mol. The van der Waals surface area contributed by atoms with Crippen molar-refractivity contribution < 1.29 is 45.8 Å². The van der Waals surface area contributed by atoms with Gasteiger partial charge in [-0.05, 0) is 0 Å². The Morgan fingerprint density at radius 2 is 1.80 bits per heavy atom. The first-order chi connectivity index (χ1) is 8.59. The molecule has 1 aromatic carbocycles. The van der Waals surface area contributed by atoms with Crippen molar-refractivity contribution in [2.75, 3.05) is 6.54 Å². The molecule has 110 valence electrons. The van der Waals surface area contributed by atoms with Gasteiger partial charge in [0.25, 0.3) is 0 Å². The first-order valence-corrected chi connectivity index (χ1v) is 6.04. The monoisotopic (exact) mass is 503 g/mol. The molecule has 2 N–H and O–H groups in total. The van der Waals surface area contributed by atoms with Gasteiger partial charge >= 0.3 is 37.1 Å². The Balaban J connectivity index is -0.000000689. The van der Waals surface area contributed by atoms with Gasteiger partial charge < -0.3 is 17.8 Å². The summed E-state index contributed by atoms with van der Waals surface area (Å²) in [5.74, 6) is -1.64. The average Bonchev–Trinajstić information content (AvgIpc) is 2.39. The second-order valence-electron chi connectivity index (χ2n) is 3.63. The van der Waals surface area contributed by atoms with Crippen LogP contribution in [0.4, 0.5) is 0 Å². The zero-order valence-corrected chi connectivity index (χ0v) is 16.7. The average molecular weight is 503 g/mol. The van der Waals surface area contributed by atoms with E-state index in [2.05, 4.69) is 11.4 Å². The van der Waals surface area contributed by atoms with Gasteiger partial charge in [-0.2, -0.15) is 30.3 Å². The molecule has 0 aromatic heterocycles. The third kappa shape index (κ3) is 11.1. The summed E-state index contributed by atoms with van der Waals surface area (Å²) in [5, 5.41) is 11.2. The quantitative estimate of drug-likeness (QED) is 0.607. The molecule has 5 heteroatoms. The summed E-state index contributed by atoms with van der Waals surface area (Å²) < 4.78 is 0. The van der Waals surface area contributed by atoms with Crippen molar-refractivity contribution in [3.63, 3.8) is 0 Å². The molecule has 0 aliphatic rings. The predicted octanol–water partition coefficient (Wildman–Crippen LogP) is 2.34. The van der Waals surface area contributed by atoms with E-state index in [1.807, 2.05) is 13.8 Å². The molecule has 1 rings (SSSR count). The van der Waals surface area contributed by atoms with Crippen LogP contribution in [0.2, 0.25) is 0 Å². The van der Waals surface area contributed by atoms with Crippen LogP contribution in [0, 0.1) is 50.5 Å². The molecule has 4 nitrogen and oxygen atoms in total. The number of aliphatic carboxylic acids is 1. The van der Waals surface area contributed by atoms with Gasteiger partial charge in [0.1, 0.15) is 0 Å². The van der Waals surface area contributed by atoms with Gasteiger partial charge in [0.2, 0.25) is 5.91 Å². The fourth-order valence-corrected chi connectivity index (χ4v) is 1.14. The van der Waals surface area contributed by atoms with Crippen molar-refractivity contribution in [1.82, 2.24) is 5.32 Å². The minimum Gasteiger partial charge on any atom is -0.481 e. The molecule has 1 amide bonds. The van der Waals surface area contributed by atoms with Crippen LogP contribution in [0.3, 0.4) is 0 Å². The molecule has 1 aromatic rings. The van der Waals surface area contributed by atoms with Crippen LogP contribution < -0.4 is 5.32 Å². The smallest absolute Gasteiger partial charge is 0.481 e. The first-order valence-electron chi connectivity index (χ1n) is 6.04. The molecular formula is C15H23NO3U. The SMILES string of the molecule is CC.CC(CNC(=O)Cc1cc[c-]cc1)C(=O)O.[CH3-].[U+2]. The van der Waals surface area contributed by atoms with Crippen molar-refractivity contribution in [1.29, 1.82) is 0 Å². The van der Waals surface area contributed by atoms with Gasteiger partial charge in [0.15, 0.2) is 0 Å². The summed E-state index contributed by atoms with van der Waals surface area (Å²) in [4.78, 5) is 21.9. The van der Waals surface area contributed by atoms with Gasteiger partial charge in [-0.25, -0.2) is 0 Å². The fraction of sp³-hybridized carbons (Fsp3) is 0.400. The second kappa shape index (κ2) is 14.6. The number of amides is 1. The van der Waals surface area contributed by atoms with E-state index in [1.165, 1.54) is 0 Å². The van der Waals surface area contributed by atoms with Gasteiger partial charge in [-0.15, -0.1) is 5.56 Å². The zero-order chi connectivity index (χ0) is 14.0. The molecule has 0 bridgehead atoms. The number of benzene rings is 1. The number of rotatable bonds is 5. The Labute approximate surface area is 145 Å². The third-order valence-electron chi connectivity index (χ3n) is 2.18. The summed E-state index contributed by atoms with van der Waals surface area (Å²) in [7, 11) is 0. The summed E-state index contributed by atoms with van der Waals surface area (Å²) >= 11 is 0. The second-order valence-corrected chi connectivity index (χ2v) is 3.63. The van der Waals surface area contributed by atoms with E-state index >= 15 is 0 Å². The maximum Gasteiger partial charge on any atom is 2.00 e.